The van der Waals surface area contributed by atoms with Crippen molar-refractivity contribution in [1.29, 1.82) is 0 Å². The third-order valence-electron chi connectivity index (χ3n) is 6.44. The van der Waals surface area contributed by atoms with Crippen LogP contribution in [-0.4, -0.2) is 63.5 Å². The van der Waals surface area contributed by atoms with Crippen LogP contribution in [0.3, 0.4) is 0 Å². The predicted octanol–water partition coefficient (Wildman–Crippen LogP) is 4.17. The van der Waals surface area contributed by atoms with Crippen molar-refractivity contribution in [3.63, 3.8) is 0 Å². The van der Waals surface area contributed by atoms with Gasteiger partial charge in [0.15, 0.2) is 5.65 Å². The maximum absolute atomic E-state index is 10.3. The normalized spacial score (nSPS) is 20.9. The summed E-state index contributed by atoms with van der Waals surface area (Å²) in [4.78, 5) is 7.39. The van der Waals surface area contributed by atoms with Crippen LogP contribution in [0.2, 0.25) is 0 Å². The Labute approximate surface area is 190 Å². The molecule has 5 rings (SSSR count). The highest BCUT2D eigenvalue weighted by atomic mass is 79.9. The fourth-order valence-electron chi connectivity index (χ4n) is 4.78. The number of anilines is 1. The van der Waals surface area contributed by atoms with E-state index < -0.39 is 0 Å². The van der Waals surface area contributed by atoms with Gasteiger partial charge in [-0.15, -0.1) is 0 Å². The van der Waals surface area contributed by atoms with Gasteiger partial charge in [0.1, 0.15) is 11.6 Å². The lowest BCUT2D eigenvalue weighted by Gasteiger charge is -2.40. The molecule has 2 fully saturated rings. The maximum Gasteiger partial charge on any atom is 0.172 e. The summed E-state index contributed by atoms with van der Waals surface area (Å²) < 4.78 is 8.20. The first-order chi connectivity index (χ1) is 15.2. The van der Waals surface area contributed by atoms with E-state index in [1.165, 1.54) is 19.4 Å². The van der Waals surface area contributed by atoms with Crippen LogP contribution in [0, 0.1) is 5.92 Å². The zero-order valence-electron chi connectivity index (χ0n) is 17.5. The molecule has 1 atom stereocenters. The molecule has 0 radical (unpaired) electrons. The molecular weight excluding hydrogens is 458 g/mol. The monoisotopic (exact) mass is 485 g/mol. The van der Waals surface area contributed by atoms with Gasteiger partial charge in [0.25, 0.3) is 0 Å². The van der Waals surface area contributed by atoms with E-state index in [9.17, 15) is 5.11 Å². The van der Waals surface area contributed by atoms with Gasteiger partial charge in [0.05, 0.1) is 16.4 Å². The van der Waals surface area contributed by atoms with Crippen molar-refractivity contribution in [3.05, 3.63) is 41.0 Å². The van der Waals surface area contributed by atoms with Crippen molar-refractivity contribution in [2.24, 2.45) is 5.92 Å². The molecule has 2 aromatic heterocycles. The van der Waals surface area contributed by atoms with Gasteiger partial charge in [-0.25, -0.2) is 4.98 Å². The largest absolute Gasteiger partial charge is 0.507 e. The van der Waals surface area contributed by atoms with Crippen molar-refractivity contribution in [2.75, 3.05) is 38.2 Å². The third kappa shape index (κ3) is 4.42. The molecule has 2 saturated heterocycles. The number of aromatic nitrogens is 3. The van der Waals surface area contributed by atoms with E-state index in [1.807, 2.05) is 28.8 Å². The smallest absolute Gasteiger partial charge is 0.172 e. The second kappa shape index (κ2) is 9.14. The summed E-state index contributed by atoms with van der Waals surface area (Å²) in [5.41, 5.74) is 2.17. The lowest BCUT2D eigenvalue weighted by atomic mass is 9.94. The van der Waals surface area contributed by atoms with Crippen LogP contribution in [-0.2, 0) is 4.74 Å². The number of para-hydroxylation sites is 1. The number of phenolic OH excluding ortho intramolecular Hbond substituents is 1. The summed E-state index contributed by atoms with van der Waals surface area (Å²) >= 11 is 3.55. The summed E-state index contributed by atoms with van der Waals surface area (Å²) in [5, 5.41) is 18.4. The SMILES string of the molecule is Oc1ccccc1-c1cc(NCC2CCCN(C3CCOCC3)C2)n2ncc(Br)c2n1. The van der Waals surface area contributed by atoms with E-state index in [0.29, 0.717) is 17.5 Å². The molecule has 0 spiro atoms. The molecule has 0 bridgehead atoms. The number of rotatable bonds is 5. The van der Waals surface area contributed by atoms with E-state index in [-0.39, 0.29) is 5.75 Å². The van der Waals surface area contributed by atoms with E-state index in [4.69, 9.17) is 9.72 Å². The Bertz CT molecular complexity index is 1050. The number of hydrogen-bond acceptors (Lipinski definition) is 6. The molecule has 1 aromatic carbocycles. The highest BCUT2D eigenvalue weighted by molar-refractivity contribution is 9.10. The van der Waals surface area contributed by atoms with Crippen molar-refractivity contribution in [2.45, 2.75) is 31.7 Å². The molecule has 31 heavy (non-hydrogen) atoms. The minimum Gasteiger partial charge on any atom is -0.507 e. The molecule has 8 heteroatoms. The quantitative estimate of drug-likeness (QED) is 0.564. The lowest BCUT2D eigenvalue weighted by molar-refractivity contribution is 0.0190. The second-order valence-corrected chi connectivity index (χ2v) is 9.35. The van der Waals surface area contributed by atoms with Gasteiger partial charge < -0.3 is 15.2 Å². The van der Waals surface area contributed by atoms with Crippen LogP contribution >= 0.6 is 15.9 Å². The number of piperidine rings is 1. The summed E-state index contributed by atoms with van der Waals surface area (Å²) in [7, 11) is 0. The van der Waals surface area contributed by atoms with Crippen LogP contribution in [0.25, 0.3) is 16.9 Å². The van der Waals surface area contributed by atoms with Crippen molar-refractivity contribution >= 4 is 27.4 Å². The number of fused-ring (bicyclic) bond motifs is 1. The minimum absolute atomic E-state index is 0.223. The van der Waals surface area contributed by atoms with E-state index >= 15 is 0 Å². The molecule has 2 aliphatic rings. The van der Waals surface area contributed by atoms with Crippen LogP contribution in [0.15, 0.2) is 41.0 Å². The Morgan fingerprint density at radius 2 is 2.03 bits per heavy atom. The molecule has 1 unspecified atom stereocenters. The average molecular weight is 486 g/mol. The standard InChI is InChI=1S/C23H28BrN5O2/c24-19-14-26-29-22(12-20(27-23(19)29)18-5-1-2-6-21(18)30)25-13-16-4-3-9-28(15-16)17-7-10-31-11-8-17/h1-2,5-6,12,14,16-17,25,30H,3-4,7-11,13,15H2. The number of phenols is 1. The summed E-state index contributed by atoms with van der Waals surface area (Å²) in [5.74, 6) is 1.70. The van der Waals surface area contributed by atoms with Crippen LogP contribution in [0.1, 0.15) is 25.7 Å². The molecule has 4 heterocycles. The number of ether oxygens (including phenoxy) is 1. The van der Waals surface area contributed by atoms with Gasteiger partial charge in [0, 0.05) is 44.0 Å². The summed E-state index contributed by atoms with van der Waals surface area (Å²) in [6.07, 6.45) is 6.53. The number of likely N-dealkylation sites (tertiary alicyclic amines) is 1. The number of halogens is 1. The van der Waals surface area contributed by atoms with E-state index in [2.05, 4.69) is 31.2 Å². The highest BCUT2D eigenvalue weighted by Crippen LogP contribution is 2.31. The van der Waals surface area contributed by atoms with Crippen molar-refractivity contribution in [3.8, 4) is 17.0 Å². The number of aromatic hydroxyl groups is 1. The molecule has 2 N–H and O–H groups in total. The summed E-state index contributed by atoms with van der Waals surface area (Å²) in [6, 6.07) is 9.94. The van der Waals surface area contributed by atoms with Gasteiger partial charge in [-0.05, 0) is 66.2 Å². The van der Waals surface area contributed by atoms with Gasteiger partial charge in [-0.3, -0.25) is 4.90 Å². The molecule has 2 aliphatic heterocycles. The molecule has 7 nitrogen and oxygen atoms in total. The molecule has 0 amide bonds. The van der Waals surface area contributed by atoms with Gasteiger partial charge >= 0.3 is 0 Å². The van der Waals surface area contributed by atoms with Crippen LogP contribution in [0.4, 0.5) is 5.82 Å². The molecule has 0 aliphatic carbocycles. The summed E-state index contributed by atoms with van der Waals surface area (Å²) in [6.45, 7) is 4.99. The van der Waals surface area contributed by atoms with E-state index in [1.54, 1.807) is 12.3 Å². The Balaban J connectivity index is 1.35. The molecule has 164 valence electrons. The lowest BCUT2D eigenvalue weighted by Crippen LogP contribution is -2.46. The molecule has 0 saturated carbocycles. The number of nitrogens with one attached hydrogen (secondary N) is 1. The van der Waals surface area contributed by atoms with Gasteiger partial charge in [-0.2, -0.15) is 9.61 Å². The highest BCUT2D eigenvalue weighted by Gasteiger charge is 2.27. The number of hydrogen-bond donors (Lipinski definition) is 2. The first kappa shape index (κ1) is 20.7. The van der Waals surface area contributed by atoms with Crippen LogP contribution < -0.4 is 5.32 Å². The Kier molecular flexibility index (Phi) is 6.11. The molecular formula is C23H28BrN5O2. The molecule has 3 aromatic rings. The Hall–Kier alpha value is -2.16. The third-order valence-corrected chi connectivity index (χ3v) is 7.00. The minimum atomic E-state index is 0.223. The van der Waals surface area contributed by atoms with Crippen LogP contribution in [0.5, 0.6) is 5.75 Å². The predicted molar refractivity (Wildman–Crippen MR) is 124 cm³/mol. The van der Waals surface area contributed by atoms with Gasteiger partial charge in [0.2, 0.25) is 0 Å². The zero-order chi connectivity index (χ0) is 21.2. The maximum atomic E-state index is 10.3. The van der Waals surface area contributed by atoms with E-state index in [0.717, 1.165) is 60.8 Å². The number of benzene rings is 1. The van der Waals surface area contributed by atoms with Crippen molar-refractivity contribution in [1.82, 2.24) is 19.5 Å². The number of nitrogens with zero attached hydrogens (tertiary/aromatic N) is 4. The van der Waals surface area contributed by atoms with Crippen molar-refractivity contribution < 1.29 is 9.84 Å². The second-order valence-electron chi connectivity index (χ2n) is 8.50. The fraction of sp³-hybridized carbons (Fsp3) is 0.478. The topological polar surface area (TPSA) is 74.9 Å². The first-order valence-corrected chi connectivity index (χ1v) is 11.9. The Morgan fingerprint density at radius 3 is 2.87 bits per heavy atom. The van der Waals surface area contributed by atoms with Gasteiger partial charge in [-0.1, -0.05) is 12.1 Å². The fourth-order valence-corrected chi connectivity index (χ4v) is 5.13. The first-order valence-electron chi connectivity index (χ1n) is 11.1. The zero-order valence-corrected chi connectivity index (χ0v) is 19.1. The Morgan fingerprint density at radius 1 is 1.19 bits per heavy atom. The average Bonchev–Trinajstić information content (AvgIpc) is 3.19.